The number of hydrogen-bond acceptors (Lipinski definition) is 8. The van der Waals surface area contributed by atoms with E-state index in [1.165, 1.54) is 74.9 Å². The van der Waals surface area contributed by atoms with Crippen molar-refractivity contribution in [1.29, 1.82) is 0 Å². The first kappa shape index (κ1) is 35.5. The SMILES string of the molecule is COc1cc(/C=C/C(=N\NC(N)=O)C(=Cc2ccc(F)c(F)c2)C(/C=C/c2ccc(O)c(OC)c2)=N/NC(N)=O)ccc1O.[Cu]. The number of carbonyl (C=O) groups is 2. The maximum Gasteiger partial charge on any atom is 0.332 e. The minimum atomic E-state index is -1.14. The molecule has 0 bridgehead atoms. The number of nitrogens with zero attached hydrogens (tertiary/aromatic N) is 2. The summed E-state index contributed by atoms with van der Waals surface area (Å²) in [6, 6.07) is 10.0. The van der Waals surface area contributed by atoms with Crippen molar-refractivity contribution in [1.82, 2.24) is 10.9 Å². The standard InChI is InChI=1S/C30H28F2N6O6.Cu/c1-43-27-15-17(6-11-25(27)39)4-9-23(35-37-29(33)41)20(13-19-3-8-21(31)22(32)14-19)24(36-38-30(34)42)10-5-18-7-12-26(40)28(16-18)44-2;/h3-16,39-40H,1-2H3,(H3,33,37,41)(H3,34,38,42);/b9-4+,10-5+,35-23+,36-24+;. The van der Waals surface area contributed by atoms with Crippen LogP contribution < -0.4 is 31.8 Å². The van der Waals surface area contributed by atoms with Gasteiger partial charge in [0.1, 0.15) is 0 Å². The summed E-state index contributed by atoms with van der Waals surface area (Å²) in [6.45, 7) is 0. The molecule has 0 unspecified atom stereocenters. The van der Waals surface area contributed by atoms with Crippen LogP contribution in [-0.2, 0) is 17.1 Å². The maximum atomic E-state index is 14.2. The number of aromatic hydroxyl groups is 2. The summed E-state index contributed by atoms with van der Waals surface area (Å²) in [6.07, 6.45) is 7.27. The van der Waals surface area contributed by atoms with Crippen molar-refractivity contribution in [3.8, 4) is 23.0 Å². The monoisotopic (exact) mass is 669 g/mol. The summed E-state index contributed by atoms with van der Waals surface area (Å²) in [5.41, 5.74) is 15.9. The summed E-state index contributed by atoms with van der Waals surface area (Å²) >= 11 is 0. The van der Waals surface area contributed by atoms with Gasteiger partial charge in [-0.3, -0.25) is 0 Å². The number of primary amides is 2. The average molecular weight is 670 g/mol. The van der Waals surface area contributed by atoms with Crippen LogP contribution in [0.3, 0.4) is 0 Å². The number of urea groups is 2. The largest absolute Gasteiger partial charge is 0.504 e. The first-order valence-electron chi connectivity index (χ1n) is 12.5. The number of hydrogen-bond donors (Lipinski definition) is 6. The predicted molar refractivity (Wildman–Crippen MR) is 162 cm³/mol. The van der Waals surface area contributed by atoms with Crippen LogP contribution in [0.5, 0.6) is 23.0 Å². The second kappa shape index (κ2) is 16.8. The number of ether oxygens (including phenoxy) is 2. The van der Waals surface area contributed by atoms with Crippen LogP contribution in [0.1, 0.15) is 16.7 Å². The Hall–Kier alpha value is -5.66. The molecule has 3 aromatic carbocycles. The average Bonchev–Trinajstić information content (AvgIpc) is 2.99. The molecule has 0 spiro atoms. The van der Waals surface area contributed by atoms with E-state index in [0.717, 1.165) is 12.1 Å². The molecule has 0 aliphatic carbocycles. The Kier molecular flexibility index (Phi) is 13.3. The van der Waals surface area contributed by atoms with Crippen LogP contribution >= 0.6 is 0 Å². The fraction of sp³-hybridized carbons (Fsp3) is 0.0667. The molecule has 0 aliphatic heterocycles. The molecule has 239 valence electrons. The Bertz CT molecular complexity index is 1610. The number of nitrogens with one attached hydrogen (secondary N) is 2. The fourth-order valence-electron chi connectivity index (χ4n) is 3.60. The zero-order chi connectivity index (χ0) is 32.2. The number of benzene rings is 3. The Morgan fingerprint density at radius 3 is 1.58 bits per heavy atom. The molecule has 0 fully saturated rings. The summed E-state index contributed by atoms with van der Waals surface area (Å²) in [4.78, 5) is 23.2. The topological polar surface area (TPSA) is 194 Å². The van der Waals surface area contributed by atoms with Crippen LogP contribution in [0, 0.1) is 11.6 Å². The molecule has 12 nitrogen and oxygen atoms in total. The van der Waals surface area contributed by atoms with Gasteiger partial charge in [0.2, 0.25) is 0 Å². The molecule has 45 heavy (non-hydrogen) atoms. The van der Waals surface area contributed by atoms with E-state index in [9.17, 15) is 28.6 Å². The fourth-order valence-corrected chi connectivity index (χ4v) is 3.60. The third kappa shape index (κ3) is 10.5. The van der Waals surface area contributed by atoms with Gasteiger partial charge in [-0.05, 0) is 71.3 Å². The Morgan fingerprint density at radius 2 is 1.18 bits per heavy atom. The van der Waals surface area contributed by atoms with Crippen LogP contribution in [0.4, 0.5) is 18.4 Å². The molecule has 8 N–H and O–H groups in total. The number of halogens is 2. The van der Waals surface area contributed by atoms with E-state index in [1.807, 2.05) is 0 Å². The van der Waals surface area contributed by atoms with Gasteiger partial charge in [0.25, 0.3) is 0 Å². The number of amides is 4. The maximum absolute atomic E-state index is 14.2. The van der Waals surface area contributed by atoms with Crippen molar-refractivity contribution in [2.75, 3.05) is 14.2 Å². The Balaban J connectivity index is 0.00000705. The molecule has 15 heteroatoms. The molecule has 0 aliphatic rings. The minimum Gasteiger partial charge on any atom is -0.504 e. The molecule has 0 heterocycles. The van der Waals surface area contributed by atoms with Crippen molar-refractivity contribution in [2.45, 2.75) is 0 Å². The van der Waals surface area contributed by atoms with Crippen molar-refractivity contribution in [2.24, 2.45) is 21.7 Å². The van der Waals surface area contributed by atoms with Crippen molar-refractivity contribution in [3.05, 3.63) is 101 Å². The van der Waals surface area contributed by atoms with Gasteiger partial charge in [0.05, 0.1) is 25.6 Å². The van der Waals surface area contributed by atoms with E-state index in [1.54, 1.807) is 12.1 Å². The number of carbonyl (C=O) groups excluding carboxylic acids is 2. The molecule has 3 rings (SSSR count). The first-order valence-corrected chi connectivity index (χ1v) is 12.5. The molecule has 0 saturated heterocycles. The molecule has 1 radical (unpaired) electrons. The zero-order valence-electron chi connectivity index (χ0n) is 23.7. The minimum absolute atomic E-state index is 0. The number of rotatable bonds is 11. The Morgan fingerprint density at radius 1 is 0.733 bits per heavy atom. The smallest absolute Gasteiger partial charge is 0.332 e. The van der Waals surface area contributed by atoms with Gasteiger partial charge in [-0.1, -0.05) is 30.4 Å². The number of nitrogens with two attached hydrogens (primary N) is 2. The van der Waals surface area contributed by atoms with E-state index >= 15 is 0 Å². The summed E-state index contributed by atoms with van der Waals surface area (Å²) in [5, 5.41) is 28.0. The van der Waals surface area contributed by atoms with Crippen molar-refractivity contribution >= 4 is 41.7 Å². The predicted octanol–water partition coefficient (Wildman–Crippen LogP) is 4.25. The van der Waals surface area contributed by atoms with Gasteiger partial charge in [0.15, 0.2) is 34.6 Å². The first-order chi connectivity index (χ1) is 21.0. The van der Waals surface area contributed by atoms with E-state index in [2.05, 4.69) is 21.1 Å². The number of hydrazone groups is 2. The van der Waals surface area contributed by atoms with Gasteiger partial charge < -0.3 is 31.2 Å². The summed E-state index contributed by atoms with van der Waals surface area (Å²) in [5.74, 6) is -2.07. The molecule has 0 atom stereocenters. The van der Waals surface area contributed by atoms with Crippen LogP contribution in [-0.4, -0.2) is 47.9 Å². The van der Waals surface area contributed by atoms with Gasteiger partial charge in [-0.25, -0.2) is 29.2 Å². The second-order valence-electron chi connectivity index (χ2n) is 8.71. The molecule has 4 amide bonds. The van der Waals surface area contributed by atoms with Crippen LogP contribution in [0.15, 0.2) is 82.5 Å². The van der Waals surface area contributed by atoms with E-state index in [4.69, 9.17) is 20.9 Å². The normalized spacial score (nSPS) is 11.6. The molecule has 0 saturated carbocycles. The molecular weight excluding hydrogens is 642 g/mol. The molecular formula is C30H28CuF2N6O6. The number of phenols is 2. The Labute approximate surface area is 266 Å². The number of phenolic OH excluding ortho intramolecular Hbond substituents is 2. The second-order valence-corrected chi connectivity index (χ2v) is 8.71. The van der Waals surface area contributed by atoms with E-state index < -0.39 is 23.7 Å². The number of methoxy groups -OCH3 is 2. The van der Waals surface area contributed by atoms with Gasteiger partial charge in [-0.2, -0.15) is 10.2 Å². The van der Waals surface area contributed by atoms with Gasteiger partial charge in [-0.15, -0.1) is 0 Å². The van der Waals surface area contributed by atoms with Gasteiger partial charge >= 0.3 is 12.1 Å². The van der Waals surface area contributed by atoms with Crippen LogP contribution in [0.25, 0.3) is 18.2 Å². The number of allylic oxidation sites excluding steroid dienone is 3. The quantitative estimate of drug-likeness (QED) is 0.100. The van der Waals surface area contributed by atoms with E-state index in [-0.39, 0.29) is 62.6 Å². The summed E-state index contributed by atoms with van der Waals surface area (Å²) in [7, 11) is 2.75. The van der Waals surface area contributed by atoms with E-state index in [0.29, 0.717) is 11.1 Å². The molecule has 3 aromatic rings. The zero-order valence-corrected chi connectivity index (χ0v) is 24.7. The summed E-state index contributed by atoms with van der Waals surface area (Å²) < 4.78 is 38.2. The van der Waals surface area contributed by atoms with Crippen LogP contribution in [0.2, 0.25) is 0 Å². The third-order valence-corrected chi connectivity index (χ3v) is 5.65. The van der Waals surface area contributed by atoms with Crippen molar-refractivity contribution < 1.29 is 55.1 Å². The van der Waals surface area contributed by atoms with Gasteiger partial charge in [0, 0.05) is 22.6 Å². The van der Waals surface area contributed by atoms with Crippen molar-refractivity contribution in [3.63, 3.8) is 0 Å². The third-order valence-electron chi connectivity index (χ3n) is 5.65. The molecule has 0 aromatic heterocycles.